The summed E-state index contributed by atoms with van der Waals surface area (Å²) < 4.78 is 10.8. The zero-order valence-corrected chi connectivity index (χ0v) is 14.7. The summed E-state index contributed by atoms with van der Waals surface area (Å²) in [5.41, 5.74) is 0.352. The Labute approximate surface area is 151 Å². The molecule has 2 atom stereocenters. The topological polar surface area (TPSA) is 77.5 Å². The first-order valence-electron chi connectivity index (χ1n) is 7.84. The van der Waals surface area contributed by atoms with E-state index in [0.717, 1.165) is 0 Å². The quantitative estimate of drug-likeness (QED) is 0.602. The first-order chi connectivity index (χ1) is 12.0. The molecular weight excluding hydrogens is 344 g/mol. The van der Waals surface area contributed by atoms with Crippen molar-refractivity contribution in [1.29, 1.82) is 0 Å². The van der Waals surface area contributed by atoms with Crippen LogP contribution in [0.25, 0.3) is 0 Å². The Morgan fingerprint density at radius 3 is 2.56 bits per heavy atom. The van der Waals surface area contributed by atoms with Crippen molar-refractivity contribution in [1.82, 2.24) is 4.98 Å². The number of carbonyl (C=O) groups excluding carboxylic acids is 2. The van der Waals surface area contributed by atoms with Crippen molar-refractivity contribution in [3.63, 3.8) is 0 Å². The van der Waals surface area contributed by atoms with Crippen LogP contribution in [0.15, 0.2) is 48.7 Å². The molecule has 0 saturated carbocycles. The predicted octanol–water partition coefficient (Wildman–Crippen LogP) is 3.46. The summed E-state index contributed by atoms with van der Waals surface area (Å²) in [4.78, 5) is 28.3. The number of nitrogens with zero attached hydrogens (tertiary/aromatic N) is 1. The van der Waals surface area contributed by atoms with Crippen LogP contribution in [0.4, 0.5) is 5.69 Å². The van der Waals surface area contributed by atoms with Gasteiger partial charge in [-0.15, -0.1) is 0 Å². The van der Waals surface area contributed by atoms with Crippen molar-refractivity contribution in [2.45, 2.75) is 32.5 Å². The van der Waals surface area contributed by atoms with Gasteiger partial charge in [-0.1, -0.05) is 36.7 Å². The number of ether oxygens (including phenoxy) is 2. The molecule has 0 saturated heterocycles. The minimum atomic E-state index is -1.00. The summed E-state index contributed by atoms with van der Waals surface area (Å²) in [6.07, 6.45) is 0.127. The van der Waals surface area contributed by atoms with E-state index in [9.17, 15) is 9.59 Å². The molecule has 0 unspecified atom stereocenters. The number of anilines is 1. The minimum absolute atomic E-state index is 0.160. The Hall–Kier alpha value is -2.60. The third kappa shape index (κ3) is 5.46. The van der Waals surface area contributed by atoms with Crippen LogP contribution >= 0.6 is 11.6 Å². The van der Waals surface area contributed by atoms with Crippen LogP contribution in [0.2, 0.25) is 5.15 Å². The SMILES string of the molecule is CC[C@@H](Oc1ccccc1)C(=O)O[C@@H](C)C(=O)Nc1cccnc1Cl. The fraction of sp³-hybridized carbons (Fsp3) is 0.278. The standard InChI is InChI=1S/C18H19ClN2O4/c1-3-15(25-13-8-5-4-6-9-13)18(23)24-12(2)17(22)21-14-10-7-11-20-16(14)19/h4-12,15H,3H2,1-2H3,(H,21,22)/t12-,15+/m0/s1. The fourth-order valence-electron chi connectivity index (χ4n) is 1.98. The molecule has 2 aromatic rings. The van der Waals surface area contributed by atoms with E-state index in [0.29, 0.717) is 17.9 Å². The average molecular weight is 363 g/mol. The van der Waals surface area contributed by atoms with E-state index >= 15 is 0 Å². The monoisotopic (exact) mass is 362 g/mol. The highest BCUT2D eigenvalue weighted by molar-refractivity contribution is 6.32. The van der Waals surface area contributed by atoms with E-state index in [1.165, 1.54) is 13.1 Å². The van der Waals surface area contributed by atoms with Crippen molar-refractivity contribution < 1.29 is 19.1 Å². The molecule has 0 aliphatic heterocycles. The molecule has 1 amide bonds. The van der Waals surface area contributed by atoms with Gasteiger partial charge in [0, 0.05) is 6.20 Å². The van der Waals surface area contributed by atoms with Crippen molar-refractivity contribution in [2.24, 2.45) is 0 Å². The second-order valence-corrected chi connectivity index (χ2v) is 5.60. The Kier molecular flexibility index (Phi) is 6.77. The zero-order valence-electron chi connectivity index (χ0n) is 13.9. The van der Waals surface area contributed by atoms with E-state index in [-0.39, 0.29) is 5.15 Å². The number of carbonyl (C=O) groups is 2. The van der Waals surface area contributed by atoms with Gasteiger partial charge in [-0.25, -0.2) is 9.78 Å². The number of rotatable bonds is 7. The maximum atomic E-state index is 12.2. The molecule has 6 nitrogen and oxygen atoms in total. The number of benzene rings is 1. The lowest BCUT2D eigenvalue weighted by Gasteiger charge is -2.19. The van der Waals surface area contributed by atoms with Crippen molar-refractivity contribution in [2.75, 3.05) is 5.32 Å². The largest absolute Gasteiger partial charge is 0.479 e. The summed E-state index contributed by atoms with van der Waals surface area (Å²) in [6, 6.07) is 12.2. The lowest BCUT2D eigenvalue weighted by Crippen LogP contribution is -2.36. The Morgan fingerprint density at radius 1 is 1.20 bits per heavy atom. The highest BCUT2D eigenvalue weighted by Crippen LogP contribution is 2.18. The van der Waals surface area contributed by atoms with E-state index in [1.807, 2.05) is 6.07 Å². The van der Waals surface area contributed by atoms with Gasteiger partial charge in [0.25, 0.3) is 5.91 Å². The number of hydrogen-bond acceptors (Lipinski definition) is 5. The Morgan fingerprint density at radius 2 is 1.92 bits per heavy atom. The Balaban J connectivity index is 1.93. The van der Waals surface area contributed by atoms with Gasteiger partial charge in [0.1, 0.15) is 5.75 Å². The molecule has 7 heteroatoms. The summed E-state index contributed by atoms with van der Waals surface area (Å²) in [7, 11) is 0. The van der Waals surface area contributed by atoms with Crippen LogP contribution in [0, 0.1) is 0 Å². The van der Waals surface area contributed by atoms with Gasteiger partial charge in [0.2, 0.25) is 0 Å². The van der Waals surface area contributed by atoms with Gasteiger partial charge < -0.3 is 14.8 Å². The average Bonchev–Trinajstić information content (AvgIpc) is 2.62. The smallest absolute Gasteiger partial charge is 0.348 e. The van der Waals surface area contributed by atoms with Crippen molar-refractivity contribution in [3.8, 4) is 5.75 Å². The van der Waals surface area contributed by atoms with E-state index in [1.54, 1.807) is 43.3 Å². The molecule has 0 spiro atoms. The summed E-state index contributed by atoms with van der Waals surface area (Å²) in [5.74, 6) is -0.547. The number of amides is 1. The third-order valence-corrected chi connectivity index (χ3v) is 3.64. The Bertz CT molecular complexity index is 724. The van der Waals surface area contributed by atoms with E-state index in [2.05, 4.69) is 10.3 Å². The zero-order chi connectivity index (χ0) is 18.2. The van der Waals surface area contributed by atoms with Gasteiger partial charge >= 0.3 is 5.97 Å². The van der Waals surface area contributed by atoms with Gasteiger partial charge in [-0.3, -0.25) is 4.79 Å². The molecule has 2 rings (SSSR count). The third-order valence-electron chi connectivity index (χ3n) is 3.33. The molecule has 1 aromatic heterocycles. The number of aromatic nitrogens is 1. The molecule has 1 N–H and O–H groups in total. The first-order valence-corrected chi connectivity index (χ1v) is 8.22. The van der Waals surface area contributed by atoms with Crippen LogP contribution in [0.3, 0.4) is 0 Å². The van der Waals surface area contributed by atoms with Crippen LogP contribution < -0.4 is 10.1 Å². The van der Waals surface area contributed by atoms with Gasteiger partial charge in [-0.2, -0.15) is 0 Å². The lowest BCUT2D eigenvalue weighted by molar-refractivity contribution is -0.160. The maximum Gasteiger partial charge on any atom is 0.348 e. The van der Waals surface area contributed by atoms with Gasteiger partial charge in [0.05, 0.1) is 5.69 Å². The molecular formula is C18H19ClN2O4. The molecule has 0 radical (unpaired) electrons. The van der Waals surface area contributed by atoms with Crippen LogP contribution in [-0.2, 0) is 14.3 Å². The fourth-order valence-corrected chi connectivity index (χ4v) is 2.15. The molecule has 132 valence electrons. The van der Waals surface area contributed by atoms with Crippen LogP contribution in [-0.4, -0.2) is 29.1 Å². The van der Waals surface area contributed by atoms with Crippen molar-refractivity contribution in [3.05, 3.63) is 53.8 Å². The highest BCUT2D eigenvalue weighted by Gasteiger charge is 2.25. The normalized spacial score (nSPS) is 12.8. The molecule has 0 bridgehead atoms. The maximum absolute atomic E-state index is 12.2. The minimum Gasteiger partial charge on any atom is -0.479 e. The number of hydrogen-bond donors (Lipinski definition) is 1. The highest BCUT2D eigenvalue weighted by atomic mass is 35.5. The number of esters is 1. The first kappa shape index (κ1) is 18.7. The van der Waals surface area contributed by atoms with E-state index < -0.39 is 24.1 Å². The second kappa shape index (κ2) is 9.03. The number of para-hydroxylation sites is 1. The molecule has 0 fully saturated rings. The summed E-state index contributed by atoms with van der Waals surface area (Å²) >= 11 is 5.89. The summed E-state index contributed by atoms with van der Waals surface area (Å²) in [6.45, 7) is 3.28. The number of halogens is 1. The second-order valence-electron chi connectivity index (χ2n) is 5.24. The number of pyridine rings is 1. The molecule has 25 heavy (non-hydrogen) atoms. The van der Waals surface area contributed by atoms with Crippen LogP contribution in [0.5, 0.6) is 5.75 Å². The predicted molar refractivity (Wildman–Crippen MR) is 94.6 cm³/mol. The van der Waals surface area contributed by atoms with Gasteiger partial charge in [-0.05, 0) is 37.6 Å². The number of nitrogens with one attached hydrogen (secondary N) is 1. The van der Waals surface area contributed by atoms with Gasteiger partial charge in [0.15, 0.2) is 17.4 Å². The molecule has 1 heterocycles. The van der Waals surface area contributed by atoms with Crippen molar-refractivity contribution >= 4 is 29.2 Å². The lowest BCUT2D eigenvalue weighted by atomic mass is 10.2. The van der Waals surface area contributed by atoms with E-state index in [4.69, 9.17) is 21.1 Å². The summed E-state index contributed by atoms with van der Waals surface area (Å²) in [5, 5.41) is 2.73. The van der Waals surface area contributed by atoms with Crippen LogP contribution in [0.1, 0.15) is 20.3 Å². The molecule has 0 aliphatic carbocycles. The molecule has 0 aliphatic rings. The molecule has 1 aromatic carbocycles.